The van der Waals surface area contributed by atoms with E-state index in [0.29, 0.717) is 49.3 Å². The van der Waals surface area contributed by atoms with Crippen molar-refractivity contribution < 1.29 is 17.9 Å². The van der Waals surface area contributed by atoms with Crippen molar-refractivity contribution in [2.24, 2.45) is 0 Å². The first kappa shape index (κ1) is 21.1. The summed E-state index contributed by atoms with van der Waals surface area (Å²) in [6.45, 7) is 7.94. The van der Waals surface area contributed by atoms with Crippen LogP contribution >= 0.6 is 15.9 Å². The molecule has 136 valence electrons. The molecule has 0 aliphatic heterocycles. The van der Waals surface area contributed by atoms with E-state index in [-0.39, 0.29) is 10.8 Å². The van der Waals surface area contributed by atoms with Crippen molar-refractivity contribution in [1.82, 2.24) is 9.62 Å². The molecule has 0 spiro atoms. The standard InChI is InChI=1S/C16H25BrN2O4S/c1-4-19(5-2)24(21,22)13-8-9-15(17)14(12-13)16(20)18-10-7-11-23-6-3/h8-9,12H,4-7,10-11H2,1-3H3,(H,18,20). The van der Waals surface area contributed by atoms with Gasteiger partial charge < -0.3 is 10.1 Å². The SMILES string of the molecule is CCOCCCNC(=O)c1cc(S(=O)(=O)N(CC)CC)ccc1Br. The van der Waals surface area contributed by atoms with Gasteiger partial charge in [-0.05, 0) is 47.5 Å². The number of nitrogens with one attached hydrogen (secondary N) is 1. The molecule has 0 unspecified atom stereocenters. The van der Waals surface area contributed by atoms with Gasteiger partial charge in [0, 0.05) is 37.3 Å². The smallest absolute Gasteiger partial charge is 0.252 e. The fraction of sp³-hybridized carbons (Fsp3) is 0.562. The molecule has 1 aromatic rings. The molecule has 0 saturated carbocycles. The van der Waals surface area contributed by atoms with Gasteiger partial charge in [0.2, 0.25) is 10.0 Å². The molecule has 1 rings (SSSR count). The Labute approximate surface area is 152 Å². The highest BCUT2D eigenvalue weighted by Gasteiger charge is 2.23. The number of carbonyl (C=O) groups is 1. The number of hydrogen-bond acceptors (Lipinski definition) is 4. The lowest BCUT2D eigenvalue weighted by atomic mass is 10.2. The minimum Gasteiger partial charge on any atom is -0.382 e. The van der Waals surface area contributed by atoms with E-state index in [4.69, 9.17) is 4.74 Å². The maximum Gasteiger partial charge on any atom is 0.252 e. The third kappa shape index (κ3) is 5.54. The summed E-state index contributed by atoms with van der Waals surface area (Å²) in [5.74, 6) is -0.310. The Bertz CT molecular complexity index is 645. The summed E-state index contributed by atoms with van der Waals surface area (Å²) in [6.07, 6.45) is 0.703. The zero-order valence-electron chi connectivity index (χ0n) is 14.3. The molecular weight excluding hydrogens is 396 g/mol. The van der Waals surface area contributed by atoms with Crippen LogP contribution in [0, 0.1) is 0 Å². The predicted octanol–water partition coefficient (Wildman–Crippen LogP) is 2.64. The Hall–Kier alpha value is -0.960. The molecule has 8 heteroatoms. The van der Waals surface area contributed by atoms with Crippen molar-refractivity contribution in [3.63, 3.8) is 0 Å². The van der Waals surface area contributed by atoms with Crippen molar-refractivity contribution in [1.29, 1.82) is 0 Å². The Kier molecular flexibility index (Phi) is 8.90. The molecule has 24 heavy (non-hydrogen) atoms. The normalized spacial score (nSPS) is 11.7. The summed E-state index contributed by atoms with van der Waals surface area (Å²) in [5, 5.41) is 2.78. The van der Waals surface area contributed by atoms with E-state index >= 15 is 0 Å². The summed E-state index contributed by atoms with van der Waals surface area (Å²) in [7, 11) is -3.59. The number of benzene rings is 1. The maximum absolute atomic E-state index is 12.6. The van der Waals surface area contributed by atoms with E-state index in [2.05, 4.69) is 21.2 Å². The number of amides is 1. The number of ether oxygens (including phenoxy) is 1. The molecule has 0 bridgehead atoms. The molecule has 6 nitrogen and oxygen atoms in total. The molecular formula is C16H25BrN2O4S. The third-order valence-corrected chi connectivity index (χ3v) is 6.22. The lowest BCUT2D eigenvalue weighted by Crippen LogP contribution is -2.31. The number of sulfonamides is 1. The number of hydrogen-bond donors (Lipinski definition) is 1. The van der Waals surface area contributed by atoms with Gasteiger partial charge in [-0.1, -0.05) is 13.8 Å². The number of halogens is 1. The molecule has 0 aromatic heterocycles. The predicted molar refractivity (Wildman–Crippen MR) is 97.7 cm³/mol. The van der Waals surface area contributed by atoms with Gasteiger partial charge in [0.05, 0.1) is 10.5 Å². The fourth-order valence-corrected chi connectivity index (χ4v) is 4.08. The van der Waals surface area contributed by atoms with E-state index < -0.39 is 10.0 Å². The van der Waals surface area contributed by atoms with Gasteiger partial charge in [-0.2, -0.15) is 4.31 Å². The van der Waals surface area contributed by atoms with E-state index in [0.717, 1.165) is 0 Å². The van der Waals surface area contributed by atoms with Crippen LogP contribution in [-0.4, -0.2) is 51.5 Å². The first-order valence-electron chi connectivity index (χ1n) is 8.04. The monoisotopic (exact) mass is 420 g/mol. The van der Waals surface area contributed by atoms with Gasteiger partial charge >= 0.3 is 0 Å². The van der Waals surface area contributed by atoms with Crippen molar-refractivity contribution in [2.45, 2.75) is 32.1 Å². The van der Waals surface area contributed by atoms with Crippen molar-refractivity contribution in [3.8, 4) is 0 Å². The summed E-state index contributed by atoms with van der Waals surface area (Å²) in [6, 6.07) is 4.50. The maximum atomic E-state index is 12.6. The van der Waals surface area contributed by atoms with Crippen LogP contribution in [-0.2, 0) is 14.8 Å². The lowest BCUT2D eigenvalue weighted by molar-refractivity contribution is 0.0943. The molecule has 1 amide bonds. The molecule has 0 radical (unpaired) electrons. The van der Waals surface area contributed by atoms with Crippen LogP contribution in [0.1, 0.15) is 37.6 Å². The van der Waals surface area contributed by atoms with E-state index in [9.17, 15) is 13.2 Å². The third-order valence-electron chi connectivity index (χ3n) is 3.48. The minimum atomic E-state index is -3.59. The highest BCUT2D eigenvalue weighted by Crippen LogP contribution is 2.23. The van der Waals surface area contributed by atoms with Gasteiger partial charge in [-0.3, -0.25) is 4.79 Å². The van der Waals surface area contributed by atoms with Gasteiger partial charge in [0.1, 0.15) is 0 Å². The van der Waals surface area contributed by atoms with Crippen LogP contribution in [0.2, 0.25) is 0 Å². The second-order valence-electron chi connectivity index (χ2n) is 5.04. The van der Waals surface area contributed by atoms with Crippen LogP contribution in [0.4, 0.5) is 0 Å². The van der Waals surface area contributed by atoms with E-state index in [1.165, 1.54) is 16.4 Å². The lowest BCUT2D eigenvalue weighted by Gasteiger charge is -2.19. The van der Waals surface area contributed by atoms with Gasteiger partial charge in [0.15, 0.2) is 0 Å². The number of rotatable bonds is 10. The molecule has 1 N–H and O–H groups in total. The average Bonchev–Trinajstić information content (AvgIpc) is 2.55. The minimum absolute atomic E-state index is 0.119. The largest absolute Gasteiger partial charge is 0.382 e. The van der Waals surface area contributed by atoms with E-state index in [1.54, 1.807) is 19.9 Å². The van der Waals surface area contributed by atoms with Crippen LogP contribution in [0.15, 0.2) is 27.6 Å². The number of nitrogens with zero attached hydrogens (tertiary/aromatic N) is 1. The molecule has 0 atom stereocenters. The Morgan fingerprint density at radius 2 is 1.92 bits per heavy atom. The summed E-state index contributed by atoms with van der Waals surface area (Å²) in [4.78, 5) is 12.4. The Morgan fingerprint density at radius 1 is 1.25 bits per heavy atom. The average molecular weight is 421 g/mol. The quantitative estimate of drug-likeness (QED) is 0.590. The zero-order chi connectivity index (χ0) is 18.2. The van der Waals surface area contributed by atoms with Crippen LogP contribution < -0.4 is 5.32 Å². The molecule has 0 aliphatic rings. The van der Waals surface area contributed by atoms with E-state index in [1.807, 2.05) is 6.92 Å². The summed E-state index contributed by atoms with van der Waals surface area (Å²) in [5.41, 5.74) is 0.305. The van der Waals surface area contributed by atoms with Crippen molar-refractivity contribution in [3.05, 3.63) is 28.2 Å². The second-order valence-corrected chi connectivity index (χ2v) is 7.83. The summed E-state index contributed by atoms with van der Waals surface area (Å²) >= 11 is 3.31. The van der Waals surface area contributed by atoms with Crippen molar-refractivity contribution in [2.75, 3.05) is 32.8 Å². The highest BCUT2D eigenvalue weighted by molar-refractivity contribution is 9.10. The van der Waals surface area contributed by atoms with Gasteiger partial charge in [0.25, 0.3) is 5.91 Å². The number of carbonyl (C=O) groups excluding carboxylic acids is 1. The molecule has 0 fully saturated rings. The zero-order valence-corrected chi connectivity index (χ0v) is 16.7. The summed E-state index contributed by atoms with van der Waals surface area (Å²) < 4.78 is 32.3. The van der Waals surface area contributed by atoms with Crippen LogP contribution in [0.3, 0.4) is 0 Å². The van der Waals surface area contributed by atoms with Crippen LogP contribution in [0.25, 0.3) is 0 Å². The first-order valence-corrected chi connectivity index (χ1v) is 10.3. The topological polar surface area (TPSA) is 75.7 Å². The molecule has 0 aliphatic carbocycles. The van der Waals surface area contributed by atoms with Gasteiger partial charge in [-0.15, -0.1) is 0 Å². The molecule has 0 saturated heterocycles. The fourth-order valence-electron chi connectivity index (χ4n) is 2.17. The Morgan fingerprint density at radius 3 is 2.50 bits per heavy atom. The molecule has 1 aromatic carbocycles. The van der Waals surface area contributed by atoms with Gasteiger partial charge in [-0.25, -0.2) is 8.42 Å². The first-order chi connectivity index (χ1) is 11.4. The molecule has 0 heterocycles. The highest BCUT2D eigenvalue weighted by atomic mass is 79.9. The van der Waals surface area contributed by atoms with Crippen molar-refractivity contribution >= 4 is 31.9 Å². The van der Waals surface area contributed by atoms with Crippen LogP contribution in [0.5, 0.6) is 0 Å². The second kappa shape index (κ2) is 10.1. The Balaban J connectivity index is 2.92.